The van der Waals surface area contributed by atoms with Crippen molar-refractivity contribution in [1.29, 1.82) is 0 Å². The van der Waals surface area contributed by atoms with Crippen LogP contribution < -0.4 is 9.47 Å². The van der Waals surface area contributed by atoms with Gasteiger partial charge in [0, 0.05) is 19.9 Å². The van der Waals surface area contributed by atoms with Gasteiger partial charge in [-0.05, 0) is 126 Å². The van der Waals surface area contributed by atoms with Gasteiger partial charge in [-0.15, -0.1) is 0 Å². The van der Waals surface area contributed by atoms with E-state index in [2.05, 4.69) is 101 Å². The third-order valence-corrected chi connectivity index (χ3v) is 11.2. The summed E-state index contributed by atoms with van der Waals surface area (Å²) in [5.41, 5.74) is 1.55. The van der Waals surface area contributed by atoms with Gasteiger partial charge < -0.3 is 9.47 Å². The fourth-order valence-corrected chi connectivity index (χ4v) is 7.99. The van der Waals surface area contributed by atoms with E-state index in [1.165, 1.54) is 52.9 Å². The molecule has 45 heavy (non-hydrogen) atoms. The molecule has 4 heteroatoms. The lowest BCUT2D eigenvalue weighted by atomic mass is 9.72. The number of carbonyl (C=O) groups excluding carboxylic acids is 1. The predicted octanol–water partition coefficient (Wildman–Crippen LogP) is 12.1. The number of aldehydes is 1. The largest absolute Gasteiger partial charge is 0.490 e. The molecular weight excluding hydrogens is 667 g/mol. The van der Waals surface area contributed by atoms with Crippen LogP contribution >= 0.6 is 22.6 Å². The first-order valence-electron chi connectivity index (χ1n) is 16.9. The topological polar surface area (TPSA) is 35.5 Å². The molecule has 0 N–H and O–H groups in total. The van der Waals surface area contributed by atoms with Crippen LogP contribution in [0.5, 0.6) is 11.5 Å². The molecule has 0 saturated heterocycles. The van der Waals surface area contributed by atoms with Crippen LogP contribution in [0, 0.1) is 26.2 Å². The number of hydrogen-bond donors (Lipinski definition) is 0. The van der Waals surface area contributed by atoms with E-state index in [0.717, 1.165) is 58.8 Å². The molecule has 2 aliphatic rings. The van der Waals surface area contributed by atoms with Crippen molar-refractivity contribution in [3.8, 4) is 11.5 Å². The number of ether oxygens (including phenoxy) is 2. The Hall–Kier alpha value is -2.60. The molecule has 0 bridgehead atoms. The van der Waals surface area contributed by atoms with E-state index in [0.29, 0.717) is 23.0 Å². The highest BCUT2D eigenvalue weighted by Crippen LogP contribution is 2.41. The van der Waals surface area contributed by atoms with E-state index >= 15 is 0 Å². The zero-order valence-electron chi connectivity index (χ0n) is 28.1. The zero-order chi connectivity index (χ0) is 32.2. The fourth-order valence-electron chi connectivity index (χ4n) is 7.31. The SMILES string of the molecule is CC(C)(C)C1CCC(Oc2cccc3c(C=O)cccc23)CC1.CC(C)(C)C1CCC(Oc2cccc3c(I)cccc23)CC1. The molecule has 0 heterocycles. The van der Waals surface area contributed by atoms with E-state index in [1.807, 2.05) is 36.4 Å². The highest BCUT2D eigenvalue weighted by Gasteiger charge is 2.31. The molecule has 2 fully saturated rings. The maximum atomic E-state index is 11.2. The van der Waals surface area contributed by atoms with Gasteiger partial charge in [0.1, 0.15) is 11.5 Å². The zero-order valence-corrected chi connectivity index (χ0v) is 30.2. The molecule has 0 atom stereocenters. The summed E-state index contributed by atoms with van der Waals surface area (Å²) in [6.45, 7) is 14.1. The molecule has 4 aromatic carbocycles. The molecule has 0 radical (unpaired) electrons. The van der Waals surface area contributed by atoms with Crippen LogP contribution in [0.15, 0.2) is 72.8 Å². The molecule has 3 nitrogen and oxygen atoms in total. The van der Waals surface area contributed by atoms with Gasteiger partial charge in [-0.3, -0.25) is 4.79 Å². The van der Waals surface area contributed by atoms with E-state index in [-0.39, 0.29) is 0 Å². The normalized spacial score (nSPS) is 22.4. The summed E-state index contributed by atoms with van der Waals surface area (Å²) in [5, 5.41) is 4.55. The van der Waals surface area contributed by atoms with Crippen molar-refractivity contribution in [2.45, 2.75) is 105 Å². The van der Waals surface area contributed by atoms with Crippen LogP contribution in [0.25, 0.3) is 21.5 Å². The number of fused-ring (bicyclic) bond motifs is 2. The second kappa shape index (κ2) is 14.4. The summed E-state index contributed by atoms with van der Waals surface area (Å²) < 4.78 is 14.0. The molecule has 0 amide bonds. The standard InChI is InChI=1S/C21H26O2.C20H25IO/c1-21(2,3)16-10-12-17(13-11-16)23-20-9-5-7-18-15(14-22)6-4-8-19(18)20;1-20(2,3)14-10-12-15(13-11-14)22-19-9-5-6-16-17(19)7-4-8-18(16)21/h4-9,14,16-17H,10-13H2,1-3H3;4-9,14-15H,10-13H2,1-3H3. The molecule has 0 aliphatic heterocycles. The summed E-state index contributed by atoms with van der Waals surface area (Å²) in [7, 11) is 0. The van der Waals surface area contributed by atoms with Crippen LogP contribution in [0.4, 0.5) is 0 Å². The van der Waals surface area contributed by atoms with Crippen LogP contribution in [0.3, 0.4) is 0 Å². The van der Waals surface area contributed by atoms with E-state index < -0.39 is 0 Å². The van der Waals surface area contributed by atoms with Crippen LogP contribution in [0.2, 0.25) is 0 Å². The second-order valence-corrected chi connectivity index (χ2v) is 16.5. The molecule has 0 spiro atoms. The Morgan fingerprint density at radius 1 is 0.556 bits per heavy atom. The minimum Gasteiger partial charge on any atom is -0.490 e. The van der Waals surface area contributed by atoms with Crippen molar-refractivity contribution in [2.75, 3.05) is 0 Å². The van der Waals surface area contributed by atoms with Gasteiger partial charge in [0.2, 0.25) is 0 Å². The van der Waals surface area contributed by atoms with Crippen molar-refractivity contribution in [1.82, 2.24) is 0 Å². The van der Waals surface area contributed by atoms with Crippen LogP contribution in [0.1, 0.15) is 103 Å². The predicted molar refractivity (Wildman–Crippen MR) is 198 cm³/mol. The lowest BCUT2D eigenvalue weighted by molar-refractivity contribution is 0.0890. The third-order valence-electron chi connectivity index (χ3n) is 10.3. The molecule has 2 aliphatic carbocycles. The van der Waals surface area contributed by atoms with Crippen molar-refractivity contribution in [3.05, 3.63) is 81.9 Å². The van der Waals surface area contributed by atoms with Crippen LogP contribution in [-0.4, -0.2) is 18.5 Å². The number of carbonyl (C=O) groups is 1. The Morgan fingerprint density at radius 2 is 0.956 bits per heavy atom. The summed E-state index contributed by atoms with van der Waals surface area (Å²) >= 11 is 2.40. The molecular formula is C41H51IO3. The Kier molecular flexibility index (Phi) is 10.8. The quantitative estimate of drug-likeness (QED) is 0.152. The third kappa shape index (κ3) is 8.41. The molecule has 240 valence electrons. The van der Waals surface area contributed by atoms with Crippen molar-refractivity contribution >= 4 is 50.4 Å². The van der Waals surface area contributed by atoms with Gasteiger partial charge in [0.15, 0.2) is 6.29 Å². The van der Waals surface area contributed by atoms with E-state index in [4.69, 9.17) is 9.47 Å². The maximum Gasteiger partial charge on any atom is 0.150 e. The summed E-state index contributed by atoms with van der Waals surface area (Å²) in [5.74, 6) is 3.58. The van der Waals surface area contributed by atoms with E-state index in [1.54, 1.807) is 0 Å². The van der Waals surface area contributed by atoms with Gasteiger partial charge >= 0.3 is 0 Å². The maximum absolute atomic E-state index is 11.2. The minimum atomic E-state index is 0.291. The average Bonchev–Trinajstić information content (AvgIpc) is 3.01. The fraction of sp³-hybridized carbons (Fsp3) is 0.488. The van der Waals surface area contributed by atoms with Gasteiger partial charge in [-0.1, -0.05) is 96.1 Å². The Balaban J connectivity index is 0.000000178. The molecule has 2 saturated carbocycles. The first-order valence-corrected chi connectivity index (χ1v) is 18.0. The average molecular weight is 719 g/mol. The first-order chi connectivity index (χ1) is 21.4. The minimum absolute atomic E-state index is 0.291. The Labute approximate surface area is 284 Å². The van der Waals surface area contributed by atoms with Crippen molar-refractivity contribution in [2.24, 2.45) is 22.7 Å². The first kappa shape index (κ1) is 33.8. The number of rotatable bonds is 5. The number of halogens is 1. The number of hydrogen-bond acceptors (Lipinski definition) is 3. The summed E-state index contributed by atoms with van der Waals surface area (Å²) in [6, 6.07) is 24.7. The molecule has 0 aromatic heterocycles. The number of benzene rings is 4. The molecule has 4 aromatic rings. The second-order valence-electron chi connectivity index (χ2n) is 15.3. The van der Waals surface area contributed by atoms with Gasteiger partial charge in [-0.2, -0.15) is 0 Å². The molecule has 6 rings (SSSR count). The highest BCUT2D eigenvalue weighted by atomic mass is 127. The summed E-state index contributed by atoms with van der Waals surface area (Å²) in [6.07, 6.45) is 11.2. The monoisotopic (exact) mass is 718 g/mol. The Morgan fingerprint density at radius 3 is 1.42 bits per heavy atom. The van der Waals surface area contributed by atoms with Gasteiger partial charge in [0.05, 0.1) is 12.2 Å². The van der Waals surface area contributed by atoms with Crippen LogP contribution in [-0.2, 0) is 0 Å². The highest BCUT2D eigenvalue weighted by molar-refractivity contribution is 14.1. The lowest BCUT2D eigenvalue weighted by Crippen LogP contribution is -2.30. The lowest BCUT2D eigenvalue weighted by Gasteiger charge is -2.37. The van der Waals surface area contributed by atoms with Gasteiger partial charge in [-0.25, -0.2) is 0 Å². The van der Waals surface area contributed by atoms with Crippen molar-refractivity contribution < 1.29 is 14.3 Å². The van der Waals surface area contributed by atoms with Gasteiger partial charge in [0.25, 0.3) is 0 Å². The Bertz CT molecular complexity index is 1580. The smallest absolute Gasteiger partial charge is 0.150 e. The van der Waals surface area contributed by atoms with E-state index in [9.17, 15) is 4.79 Å². The van der Waals surface area contributed by atoms with Crippen molar-refractivity contribution in [3.63, 3.8) is 0 Å². The summed E-state index contributed by atoms with van der Waals surface area (Å²) in [4.78, 5) is 11.2. The molecule has 0 unspecified atom stereocenters.